The molecular weight excluding hydrogens is 208 g/mol. The zero-order chi connectivity index (χ0) is 11.1. The topological polar surface area (TPSA) is 28.7 Å². The summed E-state index contributed by atoms with van der Waals surface area (Å²) in [6.07, 6.45) is 4.79. The first-order chi connectivity index (χ1) is 7.06. The zero-order valence-corrected chi connectivity index (χ0v) is 10.0. The highest BCUT2D eigenvalue weighted by Gasteiger charge is 2.22. The van der Waals surface area contributed by atoms with Crippen LogP contribution in [0.1, 0.15) is 32.8 Å². The molecule has 15 heavy (non-hydrogen) atoms. The van der Waals surface area contributed by atoms with Gasteiger partial charge in [-0.25, -0.2) is 4.98 Å². The number of aromatic nitrogens is 2. The summed E-state index contributed by atoms with van der Waals surface area (Å²) in [5.74, 6) is 0. The lowest BCUT2D eigenvalue weighted by Gasteiger charge is -2.24. The van der Waals surface area contributed by atoms with Gasteiger partial charge < -0.3 is 4.98 Å². The van der Waals surface area contributed by atoms with E-state index in [1.165, 1.54) is 0 Å². The third-order valence-electron chi connectivity index (χ3n) is 3.13. The van der Waals surface area contributed by atoms with Gasteiger partial charge in [-0.2, -0.15) is 0 Å². The predicted molar refractivity (Wildman–Crippen MR) is 64.4 cm³/mol. The third kappa shape index (κ3) is 1.63. The van der Waals surface area contributed by atoms with Gasteiger partial charge in [-0.3, -0.25) is 0 Å². The van der Waals surface area contributed by atoms with Gasteiger partial charge in [0, 0.05) is 17.8 Å². The molecule has 0 bridgehead atoms. The molecule has 0 aromatic carbocycles. The molecule has 0 aliphatic heterocycles. The maximum absolute atomic E-state index is 6.39. The summed E-state index contributed by atoms with van der Waals surface area (Å²) in [7, 11) is 0. The second kappa shape index (κ2) is 3.53. The van der Waals surface area contributed by atoms with Crippen LogP contribution >= 0.6 is 11.6 Å². The SMILES string of the molecule is CCC(C)(C)c1cnc2[nH]ccc2c1Cl. The van der Waals surface area contributed by atoms with E-state index >= 15 is 0 Å². The average Bonchev–Trinajstić information content (AvgIpc) is 2.66. The van der Waals surface area contributed by atoms with Gasteiger partial charge in [0.1, 0.15) is 5.65 Å². The first kappa shape index (κ1) is 10.5. The summed E-state index contributed by atoms with van der Waals surface area (Å²) in [5.41, 5.74) is 2.06. The highest BCUT2D eigenvalue weighted by molar-refractivity contribution is 6.36. The average molecular weight is 223 g/mol. The van der Waals surface area contributed by atoms with Crippen LogP contribution < -0.4 is 0 Å². The lowest BCUT2D eigenvalue weighted by Crippen LogP contribution is -2.16. The predicted octanol–water partition coefficient (Wildman–Crippen LogP) is 3.90. The van der Waals surface area contributed by atoms with Gasteiger partial charge in [-0.05, 0) is 23.5 Å². The normalized spacial score (nSPS) is 12.3. The number of pyridine rings is 1. The van der Waals surface area contributed by atoms with Crippen LogP contribution in [-0.2, 0) is 5.41 Å². The van der Waals surface area contributed by atoms with Crippen LogP contribution in [0.2, 0.25) is 5.02 Å². The molecule has 0 saturated carbocycles. The number of fused-ring (bicyclic) bond motifs is 1. The summed E-state index contributed by atoms with van der Waals surface area (Å²) in [5, 5.41) is 1.84. The number of nitrogens with one attached hydrogen (secondary N) is 1. The lowest BCUT2D eigenvalue weighted by molar-refractivity contribution is 0.505. The van der Waals surface area contributed by atoms with Crippen molar-refractivity contribution in [3.8, 4) is 0 Å². The molecule has 0 radical (unpaired) electrons. The molecule has 2 aromatic rings. The van der Waals surface area contributed by atoms with E-state index in [-0.39, 0.29) is 5.41 Å². The number of halogens is 1. The minimum absolute atomic E-state index is 0.0789. The van der Waals surface area contributed by atoms with E-state index in [1.54, 1.807) is 0 Å². The Labute approximate surface area is 94.7 Å². The summed E-state index contributed by atoms with van der Waals surface area (Å²) >= 11 is 6.39. The zero-order valence-electron chi connectivity index (χ0n) is 9.26. The number of aromatic amines is 1. The van der Waals surface area contributed by atoms with Gasteiger partial charge in [-0.1, -0.05) is 32.4 Å². The summed E-state index contributed by atoms with van der Waals surface area (Å²) in [6, 6.07) is 1.97. The minimum Gasteiger partial charge on any atom is -0.346 e. The third-order valence-corrected chi connectivity index (χ3v) is 3.54. The fraction of sp³-hybridized carbons (Fsp3) is 0.417. The highest BCUT2D eigenvalue weighted by Crippen LogP contribution is 2.35. The lowest BCUT2D eigenvalue weighted by atomic mass is 9.83. The van der Waals surface area contributed by atoms with E-state index in [9.17, 15) is 0 Å². The standard InChI is InChI=1S/C12H15ClN2/c1-4-12(2,3)9-7-15-11-8(10(9)13)5-6-14-11/h5-7H,4H2,1-3H3,(H,14,15). The molecule has 1 N–H and O–H groups in total. The molecule has 3 heteroatoms. The van der Waals surface area contributed by atoms with Crippen LogP contribution in [0.15, 0.2) is 18.5 Å². The largest absolute Gasteiger partial charge is 0.346 e. The molecule has 0 aliphatic rings. The maximum atomic E-state index is 6.39. The molecule has 0 fully saturated rings. The molecule has 2 nitrogen and oxygen atoms in total. The van der Waals surface area contributed by atoms with Gasteiger partial charge >= 0.3 is 0 Å². The van der Waals surface area contributed by atoms with E-state index in [0.29, 0.717) is 0 Å². The molecule has 0 saturated heterocycles. The van der Waals surface area contributed by atoms with E-state index < -0.39 is 0 Å². The number of hydrogen-bond acceptors (Lipinski definition) is 1. The molecule has 0 amide bonds. The maximum Gasteiger partial charge on any atom is 0.138 e. The number of H-pyrrole nitrogens is 1. The molecule has 0 unspecified atom stereocenters. The van der Waals surface area contributed by atoms with Crippen LogP contribution in [-0.4, -0.2) is 9.97 Å². The van der Waals surface area contributed by atoms with Crippen molar-refractivity contribution in [2.75, 3.05) is 0 Å². The van der Waals surface area contributed by atoms with Crippen molar-refractivity contribution in [2.45, 2.75) is 32.6 Å². The van der Waals surface area contributed by atoms with Gasteiger partial charge in [0.2, 0.25) is 0 Å². The van der Waals surface area contributed by atoms with Crippen molar-refractivity contribution in [1.29, 1.82) is 0 Å². The Bertz CT molecular complexity index is 485. The number of nitrogens with zero attached hydrogens (tertiary/aromatic N) is 1. The Morgan fingerprint density at radius 1 is 1.47 bits per heavy atom. The second-order valence-corrected chi connectivity index (χ2v) is 4.84. The Morgan fingerprint density at radius 2 is 2.20 bits per heavy atom. The van der Waals surface area contributed by atoms with Crippen LogP contribution in [0.25, 0.3) is 11.0 Å². The Kier molecular flexibility index (Phi) is 2.47. The van der Waals surface area contributed by atoms with Crippen molar-refractivity contribution in [1.82, 2.24) is 9.97 Å². The van der Waals surface area contributed by atoms with Crippen molar-refractivity contribution in [3.05, 3.63) is 29.0 Å². The smallest absolute Gasteiger partial charge is 0.138 e. The fourth-order valence-electron chi connectivity index (χ4n) is 1.64. The molecule has 0 atom stereocenters. The van der Waals surface area contributed by atoms with Crippen molar-refractivity contribution in [3.63, 3.8) is 0 Å². The number of hydrogen-bond donors (Lipinski definition) is 1. The van der Waals surface area contributed by atoms with Crippen LogP contribution in [0.4, 0.5) is 0 Å². The van der Waals surface area contributed by atoms with Crippen LogP contribution in [0.5, 0.6) is 0 Å². The van der Waals surface area contributed by atoms with Gasteiger partial charge in [0.15, 0.2) is 0 Å². The summed E-state index contributed by atoms with van der Waals surface area (Å²) in [6.45, 7) is 6.54. The monoisotopic (exact) mass is 222 g/mol. The molecular formula is C12H15ClN2. The molecule has 80 valence electrons. The van der Waals surface area contributed by atoms with Crippen molar-refractivity contribution >= 4 is 22.6 Å². The molecule has 2 rings (SSSR count). The summed E-state index contributed by atoms with van der Waals surface area (Å²) in [4.78, 5) is 7.44. The van der Waals surface area contributed by atoms with Gasteiger partial charge in [-0.15, -0.1) is 0 Å². The van der Waals surface area contributed by atoms with Crippen molar-refractivity contribution in [2.24, 2.45) is 0 Å². The molecule has 0 spiro atoms. The quantitative estimate of drug-likeness (QED) is 0.820. The Morgan fingerprint density at radius 3 is 2.87 bits per heavy atom. The Balaban J connectivity index is 2.67. The van der Waals surface area contributed by atoms with Gasteiger partial charge in [0.25, 0.3) is 0 Å². The Hall–Kier alpha value is -1.02. The second-order valence-electron chi connectivity index (χ2n) is 4.46. The first-order valence-corrected chi connectivity index (χ1v) is 5.56. The minimum atomic E-state index is 0.0789. The molecule has 2 heterocycles. The highest BCUT2D eigenvalue weighted by atomic mass is 35.5. The van der Waals surface area contributed by atoms with Crippen molar-refractivity contribution < 1.29 is 0 Å². The molecule has 0 aliphatic carbocycles. The number of rotatable bonds is 2. The molecule has 2 aromatic heterocycles. The van der Waals surface area contributed by atoms with E-state index in [4.69, 9.17) is 11.6 Å². The fourth-order valence-corrected chi connectivity index (χ4v) is 2.09. The first-order valence-electron chi connectivity index (χ1n) is 5.18. The van der Waals surface area contributed by atoms with E-state index in [1.807, 2.05) is 18.5 Å². The van der Waals surface area contributed by atoms with E-state index in [0.717, 1.165) is 28.0 Å². The summed E-state index contributed by atoms with van der Waals surface area (Å²) < 4.78 is 0. The van der Waals surface area contributed by atoms with Crippen LogP contribution in [0, 0.1) is 0 Å². The van der Waals surface area contributed by atoms with Crippen LogP contribution in [0.3, 0.4) is 0 Å². The van der Waals surface area contributed by atoms with E-state index in [2.05, 4.69) is 30.7 Å². The van der Waals surface area contributed by atoms with Gasteiger partial charge in [0.05, 0.1) is 5.02 Å².